The van der Waals surface area contributed by atoms with Gasteiger partial charge in [-0.15, -0.1) is 0 Å². The van der Waals surface area contributed by atoms with E-state index in [1.54, 1.807) is 13.2 Å². The summed E-state index contributed by atoms with van der Waals surface area (Å²) in [6.07, 6.45) is 2.00. The molecule has 2 N–H and O–H groups in total. The molecule has 1 atom stereocenters. The molecule has 0 saturated heterocycles. The minimum absolute atomic E-state index is 0.174. The SMILES string of the molecule is CCCC(COC)Nc1ccc(C(=O)O)cc1Cl. The van der Waals surface area contributed by atoms with Gasteiger partial charge >= 0.3 is 5.97 Å². The predicted molar refractivity (Wildman–Crippen MR) is 72.6 cm³/mol. The summed E-state index contributed by atoms with van der Waals surface area (Å²) < 4.78 is 5.13. The molecular formula is C13H18ClNO3. The summed E-state index contributed by atoms with van der Waals surface area (Å²) in [5.74, 6) is -0.981. The van der Waals surface area contributed by atoms with Crippen molar-refractivity contribution in [2.75, 3.05) is 19.0 Å². The molecule has 100 valence electrons. The number of hydrogen-bond donors (Lipinski definition) is 2. The summed E-state index contributed by atoms with van der Waals surface area (Å²) >= 11 is 6.05. The first-order valence-corrected chi connectivity index (χ1v) is 6.24. The van der Waals surface area contributed by atoms with Crippen molar-refractivity contribution in [2.45, 2.75) is 25.8 Å². The van der Waals surface area contributed by atoms with Gasteiger partial charge in [0.05, 0.1) is 22.9 Å². The summed E-state index contributed by atoms with van der Waals surface area (Å²) in [4.78, 5) is 10.8. The number of anilines is 1. The molecule has 0 heterocycles. The first kappa shape index (κ1) is 14.8. The van der Waals surface area contributed by atoms with Crippen LogP contribution in [0.1, 0.15) is 30.1 Å². The number of carbonyl (C=O) groups is 1. The van der Waals surface area contributed by atoms with Crippen LogP contribution >= 0.6 is 11.6 Å². The highest BCUT2D eigenvalue weighted by atomic mass is 35.5. The van der Waals surface area contributed by atoms with E-state index in [1.165, 1.54) is 12.1 Å². The van der Waals surface area contributed by atoms with Gasteiger partial charge < -0.3 is 15.2 Å². The van der Waals surface area contributed by atoms with Crippen LogP contribution in [0.25, 0.3) is 0 Å². The number of benzene rings is 1. The predicted octanol–water partition coefficient (Wildman–Crippen LogP) is 3.27. The molecule has 1 aromatic rings. The molecule has 0 fully saturated rings. The topological polar surface area (TPSA) is 58.6 Å². The van der Waals surface area contributed by atoms with Gasteiger partial charge in [0, 0.05) is 13.2 Å². The molecular weight excluding hydrogens is 254 g/mol. The maximum absolute atomic E-state index is 10.8. The van der Waals surface area contributed by atoms with Crippen molar-refractivity contribution >= 4 is 23.3 Å². The fourth-order valence-corrected chi connectivity index (χ4v) is 1.97. The van der Waals surface area contributed by atoms with E-state index in [4.69, 9.17) is 21.4 Å². The summed E-state index contributed by atoms with van der Waals surface area (Å²) in [5.41, 5.74) is 0.918. The van der Waals surface area contributed by atoms with Gasteiger partial charge in [-0.05, 0) is 24.6 Å². The quantitative estimate of drug-likeness (QED) is 0.799. The maximum atomic E-state index is 10.8. The minimum Gasteiger partial charge on any atom is -0.478 e. The normalized spacial score (nSPS) is 12.2. The van der Waals surface area contributed by atoms with Crippen molar-refractivity contribution in [2.24, 2.45) is 0 Å². The number of carboxylic acid groups (broad SMARTS) is 1. The Morgan fingerprint density at radius 1 is 1.56 bits per heavy atom. The van der Waals surface area contributed by atoms with Crippen LogP contribution in [-0.2, 0) is 4.74 Å². The van der Waals surface area contributed by atoms with E-state index in [-0.39, 0.29) is 11.6 Å². The van der Waals surface area contributed by atoms with Crippen molar-refractivity contribution < 1.29 is 14.6 Å². The third-order valence-electron chi connectivity index (χ3n) is 2.58. The second kappa shape index (κ2) is 7.24. The van der Waals surface area contributed by atoms with Crippen molar-refractivity contribution in [1.82, 2.24) is 0 Å². The number of hydrogen-bond acceptors (Lipinski definition) is 3. The van der Waals surface area contributed by atoms with Crippen molar-refractivity contribution in [3.8, 4) is 0 Å². The largest absolute Gasteiger partial charge is 0.478 e. The van der Waals surface area contributed by atoms with Gasteiger partial charge in [0.15, 0.2) is 0 Å². The lowest BCUT2D eigenvalue weighted by atomic mass is 10.1. The van der Waals surface area contributed by atoms with Crippen LogP contribution in [0.2, 0.25) is 5.02 Å². The number of halogens is 1. The zero-order chi connectivity index (χ0) is 13.5. The van der Waals surface area contributed by atoms with Crippen LogP contribution in [0.15, 0.2) is 18.2 Å². The number of nitrogens with one attached hydrogen (secondary N) is 1. The van der Waals surface area contributed by atoms with E-state index < -0.39 is 5.97 Å². The lowest BCUT2D eigenvalue weighted by Gasteiger charge is -2.19. The van der Waals surface area contributed by atoms with E-state index in [9.17, 15) is 4.79 Å². The lowest BCUT2D eigenvalue weighted by Crippen LogP contribution is -2.24. The molecule has 0 aliphatic carbocycles. The Morgan fingerprint density at radius 3 is 2.78 bits per heavy atom. The van der Waals surface area contributed by atoms with Crippen molar-refractivity contribution in [3.63, 3.8) is 0 Å². The highest BCUT2D eigenvalue weighted by Crippen LogP contribution is 2.24. The standard InChI is InChI=1S/C13H18ClNO3/c1-3-4-10(8-18-2)15-12-6-5-9(13(16)17)7-11(12)14/h5-7,10,15H,3-4,8H2,1-2H3,(H,16,17). The van der Waals surface area contributed by atoms with Gasteiger partial charge in [0.25, 0.3) is 0 Å². The highest BCUT2D eigenvalue weighted by molar-refractivity contribution is 6.33. The molecule has 0 radical (unpaired) electrons. The number of carboxylic acids is 1. The van der Waals surface area contributed by atoms with E-state index in [2.05, 4.69) is 12.2 Å². The van der Waals surface area contributed by atoms with Gasteiger partial charge in [0.1, 0.15) is 0 Å². The summed E-state index contributed by atoms with van der Waals surface area (Å²) in [7, 11) is 1.65. The molecule has 0 aliphatic heterocycles. The molecule has 0 aromatic heterocycles. The van der Waals surface area contributed by atoms with Crippen molar-refractivity contribution in [1.29, 1.82) is 0 Å². The van der Waals surface area contributed by atoms with Crippen LogP contribution in [-0.4, -0.2) is 30.8 Å². The number of methoxy groups -OCH3 is 1. The van der Waals surface area contributed by atoms with E-state index in [1.807, 2.05) is 0 Å². The molecule has 0 amide bonds. The van der Waals surface area contributed by atoms with Gasteiger partial charge in [0.2, 0.25) is 0 Å². The first-order valence-electron chi connectivity index (χ1n) is 5.86. The summed E-state index contributed by atoms with van der Waals surface area (Å²) in [6.45, 7) is 2.68. The maximum Gasteiger partial charge on any atom is 0.335 e. The Hall–Kier alpha value is -1.26. The molecule has 0 bridgehead atoms. The fourth-order valence-electron chi connectivity index (χ4n) is 1.73. The fraction of sp³-hybridized carbons (Fsp3) is 0.462. The van der Waals surface area contributed by atoms with E-state index in [0.717, 1.165) is 18.5 Å². The zero-order valence-electron chi connectivity index (χ0n) is 10.6. The molecule has 5 heteroatoms. The molecule has 0 saturated carbocycles. The van der Waals surface area contributed by atoms with Crippen LogP contribution in [0, 0.1) is 0 Å². The Balaban J connectivity index is 2.79. The Bertz CT molecular complexity index is 403. The molecule has 1 aromatic carbocycles. The van der Waals surface area contributed by atoms with E-state index >= 15 is 0 Å². The van der Waals surface area contributed by atoms with Crippen LogP contribution in [0.4, 0.5) is 5.69 Å². The van der Waals surface area contributed by atoms with E-state index in [0.29, 0.717) is 11.6 Å². The number of rotatable bonds is 7. The van der Waals surface area contributed by atoms with Crippen LogP contribution < -0.4 is 5.32 Å². The third-order valence-corrected chi connectivity index (χ3v) is 2.89. The van der Waals surface area contributed by atoms with Crippen LogP contribution in [0.3, 0.4) is 0 Å². The summed E-state index contributed by atoms with van der Waals surface area (Å²) in [6, 6.07) is 4.84. The number of aromatic carboxylic acids is 1. The smallest absolute Gasteiger partial charge is 0.335 e. The minimum atomic E-state index is -0.981. The Kier molecular flexibility index (Phi) is 5.95. The molecule has 0 aliphatic rings. The summed E-state index contributed by atoms with van der Waals surface area (Å²) in [5, 5.41) is 12.5. The third kappa shape index (κ3) is 4.20. The van der Waals surface area contributed by atoms with Crippen molar-refractivity contribution in [3.05, 3.63) is 28.8 Å². The zero-order valence-corrected chi connectivity index (χ0v) is 11.3. The Labute approximate surface area is 112 Å². The average molecular weight is 272 g/mol. The lowest BCUT2D eigenvalue weighted by molar-refractivity contribution is 0.0697. The number of ether oxygens (including phenoxy) is 1. The van der Waals surface area contributed by atoms with Gasteiger partial charge in [-0.2, -0.15) is 0 Å². The second-order valence-electron chi connectivity index (χ2n) is 4.09. The average Bonchev–Trinajstić information content (AvgIpc) is 2.32. The second-order valence-corrected chi connectivity index (χ2v) is 4.49. The van der Waals surface area contributed by atoms with Gasteiger partial charge in [-0.1, -0.05) is 24.9 Å². The van der Waals surface area contributed by atoms with Gasteiger partial charge in [-0.25, -0.2) is 4.79 Å². The molecule has 18 heavy (non-hydrogen) atoms. The molecule has 0 spiro atoms. The highest BCUT2D eigenvalue weighted by Gasteiger charge is 2.11. The molecule has 1 rings (SSSR count). The molecule has 1 unspecified atom stereocenters. The molecule has 4 nitrogen and oxygen atoms in total. The monoisotopic (exact) mass is 271 g/mol. The van der Waals surface area contributed by atoms with Gasteiger partial charge in [-0.3, -0.25) is 0 Å². The Morgan fingerprint density at radius 2 is 2.28 bits per heavy atom. The van der Waals surface area contributed by atoms with Crippen LogP contribution in [0.5, 0.6) is 0 Å². The first-order chi connectivity index (χ1) is 8.58.